The maximum atomic E-state index is 12.0. The van der Waals surface area contributed by atoms with Crippen molar-refractivity contribution in [3.63, 3.8) is 0 Å². The predicted molar refractivity (Wildman–Crippen MR) is 83.3 cm³/mol. The molecule has 2 atom stereocenters. The van der Waals surface area contributed by atoms with Crippen molar-refractivity contribution in [3.05, 3.63) is 28.8 Å². The largest absolute Gasteiger partial charge is 0.449 e. The Hall–Kier alpha value is -1.75. The van der Waals surface area contributed by atoms with Crippen LogP contribution >= 0.6 is 11.6 Å². The van der Waals surface area contributed by atoms with Crippen LogP contribution in [0.25, 0.3) is 0 Å². The van der Waals surface area contributed by atoms with Crippen molar-refractivity contribution in [3.8, 4) is 0 Å². The van der Waals surface area contributed by atoms with Crippen LogP contribution in [-0.2, 0) is 9.53 Å². The van der Waals surface area contributed by atoms with Crippen molar-refractivity contribution in [1.29, 1.82) is 0 Å². The predicted octanol–water partition coefficient (Wildman–Crippen LogP) is 2.77. The normalized spacial score (nSPS) is 13.3. The Kier molecular flexibility index (Phi) is 6.49. The van der Waals surface area contributed by atoms with Crippen molar-refractivity contribution >= 4 is 29.2 Å². The van der Waals surface area contributed by atoms with Gasteiger partial charge in [-0.25, -0.2) is 4.79 Å². The molecule has 0 saturated carbocycles. The summed E-state index contributed by atoms with van der Waals surface area (Å²) in [6.07, 6.45) is 0.942. The van der Waals surface area contributed by atoms with Gasteiger partial charge in [0, 0.05) is 16.8 Å². The van der Waals surface area contributed by atoms with E-state index in [-0.39, 0.29) is 23.2 Å². The van der Waals surface area contributed by atoms with Crippen LogP contribution in [-0.4, -0.2) is 24.0 Å². The van der Waals surface area contributed by atoms with Gasteiger partial charge in [0.1, 0.15) is 0 Å². The third kappa shape index (κ3) is 5.27. The highest BCUT2D eigenvalue weighted by Crippen LogP contribution is 2.19. The van der Waals surface area contributed by atoms with Gasteiger partial charge in [0.15, 0.2) is 6.10 Å². The number of hydrogen-bond acceptors (Lipinski definition) is 4. The smallest absolute Gasteiger partial charge is 0.341 e. The molecule has 2 unspecified atom stereocenters. The number of nitrogen functional groups attached to an aromatic ring is 1. The molecule has 0 spiro atoms. The van der Waals surface area contributed by atoms with E-state index in [0.717, 1.165) is 12.8 Å². The Balaban J connectivity index is 2.65. The topological polar surface area (TPSA) is 81.4 Å². The molecule has 3 N–H and O–H groups in total. The van der Waals surface area contributed by atoms with Crippen LogP contribution in [0.1, 0.15) is 44.0 Å². The number of nitrogens with one attached hydrogen (secondary N) is 1. The number of benzene rings is 1. The first kappa shape index (κ1) is 17.3. The number of amides is 1. The zero-order valence-corrected chi connectivity index (χ0v) is 13.2. The number of ether oxygens (including phenoxy) is 1. The SMILES string of the molecule is CCCC(C)NC(=O)C(C)OC(=O)c1cc(Cl)ccc1N. The average molecular weight is 313 g/mol. The van der Waals surface area contributed by atoms with Gasteiger partial charge < -0.3 is 15.8 Å². The molecule has 1 aromatic carbocycles. The van der Waals surface area contributed by atoms with Crippen LogP contribution < -0.4 is 11.1 Å². The van der Waals surface area contributed by atoms with Gasteiger partial charge in [0.2, 0.25) is 0 Å². The highest BCUT2D eigenvalue weighted by Gasteiger charge is 2.21. The number of anilines is 1. The van der Waals surface area contributed by atoms with Gasteiger partial charge in [-0.05, 0) is 38.5 Å². The Morgan fingerprint density at radius 1 is 1.38 bits per heavy atom. The minimum absolute atomic E-state index is 0.0416. The lowest BCUT2D eigenvalue weighted by atomic mass is 10.2. The van der Waals surface area contributed by atoms with Crippen LogP contribution in [0.5, 0.6) is 0 Å². The second-order valence-electron chi connectivity index (χ2n) is 4.98. The van der Waals surface area contributed by atoms with Gasteiger partial charge >= 0.3 is 5.97 Å². The molecule has 0 aliphatic rings. The molecule has 6 heteroatoms. The van der Waals surface area contributed by atoms with E-state index in [1.54, 1.807) is 6.07 Å². The summed E-state index contributed by atoms with van der Waals surface area (Å²) < 4.78 is 5.12. The fourth-order valence-corrected chi connectivity index (χ4v) is 2.02. The summed E-state index contributed by atoms with van der Waals surface area (Å²) in [7, 11) is 0. The van der Waals surface area contributed by atoms with Crippen molar-refractivity contribution in [2.45, 2.75) is 45.8 Å². The van der Waals surface area contributed by atoms with Crippen LogP contribution in [0.2, 0.25) is 5.02 Å². The van der Waals surface area contributed by atoms with E-state index in [1.165, 1.54) is 19.1 Å². The average Bonchev–Trinajstić information content (AvgIpc) is 2.41. The highest BCUT2D eigenvalue weighted by atomic mass is 35.5. The lowest BCUT2D eigenvalue weighted by molar-refractivity contribution is -0.129. The molecule has 0 saturated heterocycles. The Bertz CT molecular complexity index is 520. The molecule has 21 heavy (non-hydrogen) atoms. The number of halogens is 1. The van der Waals surface area contributed by atoms with Gasteiger partial charge in [0.05, 0.1) is 5.56 Å². The molecule has 116 valence electrons. The van der Waals surface area contributed by atoms with Gasteiger partial charge in [-0.1, -0.05) is 24.9 Å². The number of hydrogen-bond donors (Lipinski definition) is 2. The first-order chi connectivity index (χ1) is 9.85. The molecule has 0 fully saturated rings. The summed E-state index contributed by atoms with van der Waals surface area (Å²) in [5.74, 6) is -0.995. The van der Waals surface area contributed by atoms with Crippen LogP contribution in [0.3, 0.4) is 0 Å². The minimum Gasteiger partial charge on any atom is -0.449 e. The van der Waals surface area contributed by atoms with E-state index in [4.69, 9.17) is 22.1 Å². The van der Waals surface area contributed by atoms with Crippen LogP contribution in [0.4, 0.5) is 5.69 Å². The first-order valence-corrected chi connectivity index (χ1v) is 7.29. The Morgan fingerprint density at radius 2 is 2.05 bits per heavy atom. The van der Waals surface area contributed by atoms with E-state index in [2.05, 4.69) is 5.32 Å². The zero-order valence-electron chi connectivity index (χ0n) is 12.5. The molecule has 0 aliphatic carbocycles. The van der Waals surface area contributed by atoms with Crippen LogP contribution in [0.15, 0.2) is 18.2 Å². The third-order valence-corrected chi connectivity index (χ3v) is 3.23. The molecular formula is C15H21ClN2O3. The monoisotopic (exact) mass is 312 g/mol. The second-order valence-corrected chi connectivity index (χ2v) is 5.41. The molecule has 1 rings (SSSR count). The summed E-state index contributed by atoms with van der Waals surface area (Å²) in [6, 6.07) is 4.56. The van der Waals surface area contributed by atoms with Gasteiger partial charge in [-0.15, -0.1) is 0 Å². The number of carbonyl (C=O) groups excluding carboxylic acids is 2. The number of carbonyl (C=O) groups is 2. The van der Waals surface area contributed by atoms with Crippen molar-refractivity contribution < 1.29 is 14.3 Å². The summed E-state index contributed by atoms with van der Waals surface area (Å²) in [6.45, 7) is 5.46. The standard InChI is InChI=1S/C15H21ClN2O3/c1-4-5-9(2)18-14(19)10(3)21-15(20)12-8-11(16)6-7-13(12)17/h6-10H,4-5,17H2,1-3H3,(H,18,19). The maximum absolute atomic E-state index is 12.0. The van der Waals surface area contributed by atoms with E-state index in [0.29, 0.717) is 5.02 Å². The molecule has 0 bridgehead atoms. The number of nitrogens with two attached hydrogens (primary N) is 1. The first-order valence-electron chi connectivity index (χ1n) is 6.91. The Labute approximate surface area is 129 Å². The molecule has 0 heterocycles. The number of rotatable bonds is 6. The van der Waals surface area contributed by atoms with Gasteiger partial charge in [-0.2, -0.15) is 0 Å². The summed E-state index contributed by atoms with van der Waals surface area (Å²) in [4.78, 5) is 23.9. The lowest BCUT2D eigenvalue weighted by Gasteiger charge is -2.17. The molecule has 1 amide bonds. The fourth-order valence-electron chi connectivity index (χ4n) is 1.85. The highest BCUT2D eigenvalue weighted by molar-refractivity contribution is 6.31. The minimum atomic E-state index is -0.893. The van der Waals surface area contributed by atoms with Gasteiger partial charge in [-0.3, -0.25) is 4.79 Å². The molecular weight excluding hydrogens is 292 g/mol. The molecule has 5 nitrogen and oxygen atoms in total. The second kappa shape index (κ2) is 7.88. The van der Waals surface area contributed by atoms with E-state index >= 15 is 0 Å². The third-order valence-electron chi connectivity index (χ3n) is 3.00. The van der Waals surface area contributed by atoms with E-state index < -0.39 is 12.1 Å². The maximum Gasteiger partial charge on any atom is 0.341 e. The molecule has 0 aromatic heterocycles. The summed E-state index contributed by atoms with van der Waals surface area (Å²) >= 11 is 5.82. The molecule has 0 aliphatic heterocycles. The number of esters is 1. The fraction of sp³-hybridized carbons (Fsp3) is 0.467. The van der Waals surface area contributed by atoms with E-state index in [1.807, 2.05) is 13.8 Å². The Morgan fingerprint density at radius 3 is 2.67 bits per heavy atom. The summed E-state index contributed by atoms with van der Waals surface area (Å²) in [5, 5.41) is 3.17. The van der Waals surface area contributed by atoms with Crippen molar-refractivity contribution in [1.82, 2.24) is 5.32 Å². The summed E-state index contributed by atoms with van der Waals surface area (Å²) in [5.41, 5.74) is 6.12. The quantitative estimate of drug-likeness (QED) is 0.625. The van der Waals surface area contributed by atoms with E-state index in [9.17, 15) is 9.59 Å². The van der Waals surface area contributed by atoms with Gasteiger partial charge in [0.25, 0.3) is 5.91 Å². The van der Waals surface area contributed by atoms with Crippen LogP contribution in [0, 0.1) is 0 Å². The zero-order chi connectivity index (χ0) is 16.0. The van der Waals surface area contributed by atoms with Crippen molar-refractivity contribution in [2.24, 2.45) is 0 Å². The van der Waals surface area contributed by atoms with Crippen molar-refractivity contribution in [2.75, 3.05) is 5.73 Å². The molecule has 1 aromatic rings. The molecule has 0 radical (unpaired) electrons. The lowest BCUT2D eigenvalue weighted by Crippen LogP contribution is -2.40.